The minimum atomic E-state index is -0.750. The van der Waals surface area contributed by atoms with Crippen LogP contribution in [0, 0.1) is 23.2 Å². The van der Waals surface area contributed by atoms with Crippen molar-refractivity contribution in [3.63, 3.8) is 0 Å². The van der Waals surface area contributed by atoms with E-state index in [0.717, 1.165) is 19.3 Å². The fourth-order valence-corrected chi connectivity index (χ4v) is 6.68. The summed E-state index contributed by atoms with van der Waals surface area (Å²) in [5.41, 5.74) is -0.304. The van der Waals surface area contributed by atoms with Gasteiger partial charge in [0.05, 0.1) is 17.9 Å². The van der Waals surface area contributed by atoms with Gasteiger partial charge in [-0.1, -0.05) is 6.92 Å². The average molecular weight is 436 g/mol. The van der Waals surface area contributed by atoms with Crippen molar-refractivity contribution in [2.45, 2.75) is 77.4 Å². The number of carbonyl (C=O) groups excluding carboxylic acids is 3. The zero-order chi connectivity index (χ0) is 21.5. The Morgan fingerprint density at radius 1 is 1.23 bits per heavy atom. The first kappa shape index (κ1) is 21.5. The van der Waals surface area contributed by atoms with Gasteiger partial charge in [-0.25, -0.2) is 0 Å². The monoisotopic (exact) mass is 435 g/mol. The summed E-state index contributed by atoms with van der Waals surface area (Å²) in [4.78, 5) is 39.8. The number of nitrogens with one attached hydrogen (secondary N) is 2. The number of esters is 1. The highest BCUT2D eigenvalue weighted by Crippen LogP contribution is 2.60. The number of nitrogens with zero attached hydrogens (tertiary/aromatic N) is 1. The number of carbonyl (C=O) groups is 3. The van der Waals surface area contributed by atoms with Gasteiger partial charge < -0.3 is 20.3 Å². The SMILES string of the molecule is CCC(C)OC(=O)CC1C(=O)NCCN1C(=S)NC(=O)C12CC3CC(CC(C3)C1)C2. The quantitative estimate of drug-likeness (QED) is 0.508. The Labute approximate surface area is 183 Å². The topological polar surface area (TPSA) is 87.7 Å². The first-order valence-corrected chi connectivity index (χ1v) is 11.8. The molecule has 5 rings (SSSR count). The summed E-state index contributed by atoms with van der Waals surface area (Å²) in [5.74, 6) is 1.33. The van der Waals surface area contributed by atoms with E-state index >= 15 is 0 Å². The molecule has 2 amide bonds. The minimum Gasteiger partial charge on any atom is -0.463 e. The van der Waals surface area contributed by atoms with Crippen LogP contribution in [0.3, 0.4) is 0 Å². The molecule has 5 aliphatic rings. The fourth-order valence-electron chi connectivity index (χ4n) is 6.36. The van der Waals surface area contributed by atoms with Gasteiger partial charge in [-0.15, -0.1) is 0 Å². The largest absolute Gasteiger partial charge is 0.463 e. The number of amides is 2. The van der Waals surface area contributed by atoms with Gasteiger partial charge in [0.1, 0.15) is 6.04 Å². The lowest BCUT2D eigenvalue weighted by molar-refractivity contribution is -0.151. The second kappa shape index (κ2) is 8.44. The second-order valence-electron chi connectivity index (χ2n) is 9.87. The van der Waals surface area contributed by atoms with Gasteiger partial charge in [0.15, 0.2) is 5.11 Å². The lowest BCUT2D eigenvalue weighted by atomic mass is 9.49. The summed E-state index contributed by atoms with van der Waals surface area (Å²) >= 11 is 5.56. The Hall–Kier alpha value is -1.70. The van der Waals surface area contributed by atoms with Gasteiger partial charge in [-0.2, -0.15) is 0 Å². The summed E-state index contributed by atoms with van der Waals surface area (Å²) in [6, 6.07) is -0.750. The van der Waals surface area contributed by atoms with E-state index < -0.39 is 12.0 Å². The molecule has 8 heteroatoms. The molecule has 0 aromatic heterocycles. The van der Waals surface area contributed by atoms with Gasteiger partial charge in [0.25, 0.3) is 0 Å². The smallest absolute Gasteiger partial charge is 0.308 e. The van der Waals surface area contributed by atoms with Crippen LogP contribution in [-0.4, -0.2) is 53.0 Å². The Morgan fingerprint density at radius 3 is 2.40 bits per heavy atom. The molecular formula is C22H33N3O4S. The molecule has 0 aromatic carbocycles. The van der Waals surface area contributed by atoms with Crippen LogP contribution in [-0.2, 0) is 19.1 Å². The standard InChI is InChI=1S/C22H33N3O4S/c1-3-13(2)29-18(26)9-17-19(27)23-4-5-25(17)21(30)24-20(28)22-10-14-6-15(11-22)8-16(7-14)12-22/h13-17H,3-12H2,1-2H3,(H,23,27)(H,24,28,30). The van der Waals surface area contributed by atoms with Gasteiger partial charge in [0.2, 0.25) is 11.8 Å². The highest BCUT2D eigenvalue weighted by molar-refractivity contribution is 7.80. The molecule has 4 bridgehead atoms. The first-order chi connectivity index (χ1) is 14.3. The Kier molecular flexibility index (Phi) is 6.06. The van der Waals surface area contributed by atoms with Crippen LogP contribution in [0.5, 0.6) is 0 Å². The molecule has 5 fully saturated rings. The van der Waals surface area contributed by atoms with Gasteiger partial charge in [-0.3, -0.25) is 14.4 Å². The molecule has 0 spiro atoms. The van der Waals surface area contributed by atoms with Crippen LogP contribution in [0.4, 0.5) is 0 Å². The first-order valence-electron chi connectivity index (χ1n) is 11.4. The molecule has 4 saturated carbocycles. The molecular weight excluding hydrogens is 402 g/mol. The van der Waals surface area contributed by atoms with Crippen molar-refractivity contribution in [1.29, 1.82) is 0 Å². The summed E-state index contributed by atoms with van der Waals surface area (Å²) in [6.07, 6.45) is 7.11. The predicted octanol–water partition coefficient (Wildman–Crippen LogP) is 2.14. The molecule has 30 heavy (non-hydrogen) atoms. The van der Waals surface area contributed by atoms with E-state index in [0.29, 0.717) is 37.3 Å². The third-order valence-electron chi connectivity index (χ3n) is 7.60. The molecule has 7 nitrogen and oxygen atoms in total. The van der Waals surface area contributed by atoms with Crippen molar-refractivity contribution in [2.75, 3.05) is 13.1 Å². The van der Waals surface area contributed by atoms with Crippen molar-refractivity contribution in [1.82, 2.24) is 15.5 Å². The maximum Gasteiger partial charge on any atom is 0.308 e. The highest BCUT2D eigenvalue weighted by Gasteiger charge is 2.55. The zero-order valence-electron chi connectivity index (χ0n) is 17.9. The van der Waals surface area contributed by atoms with E-state index in [-0.39, 0.29) is 34.9 Å². The van der Waals surface area contributed by atoms with Crippen LogP contribution in [0.15, 0.2) is 0 Å². The Balaban J connectivity index is 1.41. The lowest BCUT2D eigenvalue weighted by Gasteiger charge is -2.55. The van der Waals surface area contributed by atoms with E-state index in [4.69, 9.17) is 17.0 Å². The van der Waals surface area contributed by atoms with Crippen molar-refractivity contribution in [3.8, 4) is 0 Å². The lowest BCUT2D eigenvalue weighted by Crippen LogP contribution is -2.62. The highest BCUT2D eigenvalue weighted by atomic mass is 32.1. The average Bonchev–Trinajstić information content (AvgIpc) is 2.68. The summed E-state index contributed by atoms with van der Waals surface area (Å²) < 4.78 is 5.35. The van der Waals surface area contributed by atoms with Crippen LogP contribution in [0.1, 0.15) is 65.2 Å². The normalized spacial score (nSPS) is 35.5. The molecule has 166 valence electrons. The molecule has 1 aliphatic heterocycles. The van der Waals surface area contributed by atoms with Crippen LogP contribution >= 0.6 is 12.2 Å². The molecule has 1 saturated heterocycles. The van der Waals surface area contributed by atoms with E-state index in [2.05, 4.69) is 10.6 Å². The summed E-state index contributed by atoms with van der Waals surface area (Å²) in [5, 5.41) is 6.02. The molecule has 0 aromatic rings. The number of hydrogen-bond donors (Lipinski definition) is 2. The van der Waals surface area contributed by atoms with E-state index in [9.17, 15) is 14.4 Å². The molecule has 2 N–H and O–H groups in total. The van der Waals surface area contributed by atoms with Gasteiger partial charge >= 0.3 is 5.97 Å². The Bertz CT molecular complexity index is 705. The van der Waals surface area contributed by atoms with E-state index in [1.807, 2.05) is 13.8 Å². The summed E-state index contributed by atoms with van der Waals surface area (Å²) in [7, 11) is 0. The minimum absolute atomic E-state index is 0.0125. The van der Waals surface area contributed by atoms with Crippen molar-refractivity contribution in [2.24, 2.45) is 23.2 Å². The number of rotatable bonds is 5. The fraction of sp³-hybridized carbons (Fsp3) is 0.818. The van der Waals surface area contributed by atoms with Gasteiger partial charge in [0, 0.05) is 13.1 Å². The number of ether oxygens (including phenoxy) is 1. The van der Waals surface area contributed by atoms with Crippen LogP contribution in [0.25, 0.3) is 0 Å². The second-order valence-corrected chi connectivity index (χ2v) is 10.3. The number of piperazine rings is 1. The van der Waals surface area contributed by atoms with Gasteiger partial charge in [-0.05, 0) is 81.8 Å². The summed E-state index contributed by atoms with van der Waals surface area (Å²) in [6.45, 7) is 4.66. The molecule has 0 radical (unpaired) electrons. The maximum atomic E-state index is 13.3. The predicted molar refractivity (Wildman–Crippen MR) is 115 cm³/mol. The number of thiocarbonyl (C=S) groups is 1. The van der Waals surface area contributed by atoms with Crippen molar-refractivity contribution in [3.05, 3.63) is 0 Å². The number of hydrogen-bond acceptors (Lipinski definition) is 5. The zero-order valence-corrected chi connectivity index (χ0v) is 18.8. The molecule has 4 aliphatic carbocycles. The molecule has 2 atom stereocenters. The van der Waals surface area contributed by atoms with E-state index in [1.54, 1.807) is 4.90 Å². The van der Waals surface area contributed by atoms with E-state index in [1.165, 1.54) is 19.3 Å². The third kappa shape index (κ3) is 4.20. The third-order valence-corrected chi connectivity index (χ3v) is 7.94. The maximum absolute atomic E-state index is 13.3. The van der Waals surface area contributed by atoms with Crippen LogP contribution in [0.2, 0.25) is 0 Å². The van der Waals surface area contributed by atoms with Crippen molar-refractivity contribution >= 4 is 35.1 Å². The van der Waals surface area contributed by atoms with Crippen molar-refractivity contribution < 1.29 is 19.1 Å². The molecule has 2 unspecified atom stereocenters. The molecule has 1 heterocycles. The Morgan fingerprint density at radius 2 is 1.83 bits per heavy atom. The van der Waals surface area contributed by atoms with Crippen LogP contribution < -0.4 is 10.6 Å².